The van der Waals surface area contributed by atoms with E-state index in [1.54, 1.807) is 30.7 Å². The van der Waals surface area contributed by atoms with Gasteiger partial charge in [0.15, 0.2) is 0 Å². The van der Waals surface area contributed by atoms with Crippen LogP contribution < -0.4 is 11.1 Å². The molecule has 2 aromatic heterocycles. The van der Waals surface area contributed by atoms with Gasteiger partial charge in [-0.05, 0) is 36.8 Å². The van der Waals surface area contributed by atoms with Crippen LogP contribution in [0.4, 0.5) is 5.69 Å². The average molecular weight is 256 g/mol. The van der Waals surface area contributed by atoms with Gasteiger partial charge in [0, 0.05) is 18.1 Å². The molecule has 2 heterocycles. The van der Waals surface area contributed by atoms with Crippen LogP contribution in [0.15, 0.2) is 42.9 Å². The summed E-state index contributed by atoms with van der Waals surface area (Å²) in [7, 11) is 0. The molecule has 1 amide bonds. The van der Waals surface area contributed by atoms with E-state index in [9.17, 15) is 4.79 Å². The van der Waals surface area contributed by atoms with Crippen LogP contribution in [-0.4, -0.2) is 15.9 Å². The summed E-state index contributed by atoms with van der Waals surface area (Å²) in [5.74, 6) is -0.0680. The highest BCUT2D eigenvalue weighted by atomic mass is 16.1. The SMILES string of the molecule is C[C@@H](NC(=O)Cc1ccc(N)cn1)c1ccncc1. The monoisotopic (exact) mass is 256 g/mol. The first kappa shape index (κ1) is 13.0. The number of hydrogen-bond donors (Lipinski definition) is 2. The Hall–Kier alpha value is -2.43. The Bertz CT molecular complexity index is 539. The van der Waals surface area contributed by atoms with E-state index in [1.165, 1.54) is 0 Å². The van der Waals surface area contributed by atoms with Crippen molar-refractivity contribution in [3.63, 3.8) is 0 Å². The Morgan fingerprint density at radius 1 is 1.32 bits per heavy atom. The summed E-state index contributed by atoms with van der Waals surface area (Å²) >= 11 is 0. The first-order chi connectivity index (χ1) is 9.15. The molecule has 0 spiro atoms. The van der Waals surface area contributed by atoms with Crippen molar-refractivity contribution in [1.82, 2.24) is 15.3 Å². The molecule has 98 valence electrons. The van der Waals surface area contributed by atoms with Crippen LogP contribution in [0.1, 0.15) is 24.2 Å². The number of anilines is 1. The van der Waals surface area contributed by atoms with E-state index in [2.05, 4.69) is 15.3 Å². The number of nitrogens with one attached hydrogen (secondary N) is 1. The molecule has 0 fully saturated rings. The van der Waals surface area contributed by atoms with Crippen molar-refractivity contribution in [2.24, 2.45) is 0 Å². The Morgan fingerprint density at radius 2 is 2.05 bits per heavy atom. The van der Waals surface area contributed by atoms with Gasteiger partial charge < -0.3 is 11.1 Å². The summed E-state index contributed by atoms with van der Waals surface area (Å²) in [6.45, 7) is 1.93. The standard InChI is InChI=1S/C14H16N4O/c1-10(11-4-6-16-7-5-11)18-14(19)8-13-3-2-12(15)9-17-13/h2-7,9-10H,8,15H2,1H3,(H,18,19)/t10-/m1/s1. The molecule has 0 aliphatic heterocycles. The van der Waals surface area contributed by atoms with E-state index >= 15 is 0 Å². The highest BCUT2D eigenvalue weighted by Gasteiger charge is 2.10. The van der Waals surface area contributed by atoms with Crippen molar-refractivity contribution in [1.29, 1.82) is 0 Å². The van der Waals surface area contributed by atoms with E-state index in [-0.39, 0.29) is 18.4 Å². The maximum Gasteiger partial charge on any atom is 0.226 e. The van der Waals surface area contributed by atoms with Crippen LogP contribution in [0.2, 0.25) is 0 Å². The smallest absolute Gasteiger partial charge is 0.226 e. The lowest BCUT2D eigenvalue weighted by Gasteiger charge is -2.13. The van der Waals surface area contributed by atoms with Gasteiger partial charge in [0.2, 0.25) is 5.91 Å². The second-order valence-corrected chi connectivity index (χ2v) is 4.33. The van der Waals surface area contributed by atoms with Crippen LogP contribution in [-0.2, 0) is 11.2 Å². The summed E-state index contributed by atoms with van der Waals surface area (Å²) in [5.41, 5.74) is 7.86. The Kier molecular flexibility index (Phi) is 4.07. The van der Waals surface area contributed by atoms with E-state index in [4.69, 9.17) is 5.73 Å². The Labute approximate surface area is 111 Å². The predicted octanol–water partition coefficient (Wildman–Crippen LogP) is 1.48. The highest BCUT2D eigenvalue weighted by molar-refractivity contribution is 5.78. The Balaban J connectivity index is 1.93. The summed E-state index contributed by atoms with van der Waals surface area (Å²) in [5, 5.41) is 2.92. The zero-order valence-electron chi connectivity index (χ0n) is 10.7. The first-order valence-corrected chi connectivity index (χ1v) is 6.05. The van der Waals surface area contributed by atoms with Gasteiger partial charge in [-0.2, -0.15) is 0 Å². The first-order valence-electron chi connectivity index (χ1n) is 6.05. The molecule has 19 heavy (non-hydrogen) atoms. The third-order valence-electron chi connectivity index (χ3n) is 2.77. The topological polar surface area (TPSA) is 80.9 Å². The van der Waals surface area contributed by atoms with Gasteiger partial charge in [-0.15, -0.1) is 0 Å². The number of rotatable bonds is 4. The van der Waals surface area contributed by atoms with Crippen molar-refractivity contribution in [2.75, 3.05) is 5.73 Å². The maximum absolute atomic E-state index is 11.9. The predicted molar refractivity (Wildman–Crippen MR) is 73.1 cm³/mol. The van der Waals surface area contributed by atoms with Crippen LogP contribution in [0.5, 0.6) is 0 Å². The van der Waals surface area contributed by atoms with Gasteiger partial charge in [0.1, 0.15) is 0 Å². The van der Waals surface area contributed by atoms with Gasteiger partial charge in [-0.25, -0.2) is 0 Å². The average Bonchev–Trinajstić information content (AvgIpc) is 2.42. The van der Waals surface area contributed by atoms with E-state index in [0.717, 1.165) is 5.56 Å². The number of hydrogen-bond acceptors (Lipinski definition) is 4. The van der Waals surface area contributed by atoms with Gasteiger partial charge in [0.25, 0.3) is 0 Å². The fourth-order valence-electron chi connectivity index (χ4n) is 1.73. The van der Waals surface area contributed by atoms with Crippen LogP contribution >= 0.6 is 0 Å². The molecule has 0 unspecified atom stereocenters. The molecule has 0 bridgehead atoms. The number of nitrogen functional groups attached to an aromatic ring is 1. The van der Waals surface area contributed by atoms with Crippen LogP contribution in [0.25, 0.3) is 0 Å². The molecule has 2 aromatic rings. The molecule has 0 saturated heterocycles. The molecular weight excluding hydrogens is 240 g/mol. The van der Waals surface area contributed by atoms with E-state index in [0.29, 0.717) is 11.4 Å². The number of carbonyl (C=O) groups excluding carboxylic acids is 1. The lowest BCUT2D eigenvalue weighted by Crippen LogP contribution is -2.28. The third kappa shape index (κ3) is 3.77. The normalized spacial score (nSPS) is 11.8. The fraction of sp³-hybridized carbons (Fsp3) is 0.214. The van der Waals surface area contributed by atoms with Crippen molar-refractivity contribution in [3.05, 3.63) is 54.1 Å². The molecule has 2 rings (SSSR count). The van der Waals surface area contributed by atoms with Crippen LogP contribution in [0.3, 0.4) is 0 Å². The molecule has 0 radical (unpaired) electrons. The Morgan fingerprint density at radius 3 is 2.68 bits per heavy atom. The lowest BCUT2D eigenvalue weighted by molar-refractivity contribution is -0.121. The van der Waals surface area contributed by atoms with Crippen molar-refractivity contribution in [2.45, 2.75) is 19.4 Å². The fourth-order valence-corrected chi connectivity index (χ4v) is 1.73. The molecule has 0 aliphatic rings. The summed E-state index contributed by atoms with van der Waals surface area (Å²) in [4.78, 5) is 19.9. The number of nitrogens with two attached hydrogens (primary N) is 1. The minimum atomic E-state index is -0.0680. The molecule has 3 N–H and O–H groups in total. The van der Waals surface area contributed by atoms with Crippen molar-refractivity contribution >= 4 is 11.6 Å². The second kappa shape index (κ2) is 5.95. The van der Waals surface area contributed by atoms with E-state index < -0.39 is 0 Å². The minimum absolute atomic E-state index is 0.0516. The largest absolute Gasteiger partial charge is 0.397 e. The van der Waals surface area contributed by atoms with E-state index in [1.807, 2.05) is 19.1 Å². The van der Waals surface area contributed by atoms with Gasteiger partial charge in [-0.1, -0.05) is 0 Å². The summed E-state index contributed by atoms with van der Waals surface area (Å²) in [6.07, 6.45) is 5.21. The molecule has 0 saturated carbocycles. The number of pyridine rings is 2. The number of amides is 1. The number of carbonyl (C=O) groups is 1. The molecule has 0 aliphatic carbocycles. The molecule has 5 heteroatoms. The number of aromatic nitrogens is 2. The lowest BCUT2D eigenvalue weighted by atomic mass is 10.1. The van der Waals surface area contributed by atoms with Crippen molar-refractivity contribution < 1.29 is 4.79 Å². The zero-order valence-corrected chi connectivity index (χ0v) is 10.7. The summed E-state index contributed by atoms with van der Waals surface area (Å²) < 4.78 is 0. The molecular formula is C14H16N4O. The molecule has 5 nitrogen and oxygen atoms in total. The quantitative estimate of drug-likeness (QED) is 0.868. The van der Waals surface area contributed by atoms with Gasteiger partial charge in [0.05, 0.1) is 24.3 Å². The summed E-state index contributed by atoms with van der Waals surface area (Å²) in [6, 6.07) is 7.21. The maximum atomic E-state index is 11.9. The van der Waals surface area contributed by atoms with Gasteiger partial charge in [-0.3, -0.25) is 14.8 Å². The van der Waals surface area contributed by atoms with Gasteiger partial charge >= 0.3 is 0 Å². The minimum Gasteiger partial charge on any atom is -0.397 e. The third-order valence-corrected chi connectivity index (χ3v) is 2.77. The van der Waals surface area contributed by atoms with Crippen molar-refractivity contribution in [3.8, 4) is 0 Å². The number of nitrogens with zero attached hydrogens (tertiary/aromatic N) is 2. The molecule has 0 aromatic carbocycles. The highest BCUT2D eigenvalue weighted by Crippen LogP contribution is 2.10. The zero-order chi connectivity index (χ0) is 13.7. The molecule has 1 atom stereocenters. The van der Waals surface area contributed by atoms with Crippen LogP contribution in [0, 0.1) is 0 Å². The second-order valence-electron chi connectivity index (χ2n) is 4.33.